The third-order valence-electron chi connectivity index (χ3n) is 3.22. The smallest absolute Gasteiger partial charge is 0.0489 e. The molecule has 0 aliphatic rings. The number of rotatable bonds is 4. The second kappa shape index (κ2) is 4.92. The van der Waals surface area contributed by atoms with Gasteiger partial charge in [0.05, 0.1) is 0 Å². The molecule has 17 heavy (non-hydrogen) atoms. The molecule has 0 saturated heterocycles. The normalized spacial score (nSPS) is 11.6. The van der Waals surface area contributed by atoms with Gasteiger partial charge in [-0.25, -0.2) is 0 Å². The Hall–Kier alpha value is -1.28. The lowest BCUT2D eigenvalue weighted by Crippen LogP contribution is -2.19. The van der Waals surface area contributed by atoms with Crippen LogP contribution in [0.2, 0.25) is 0 Å². The quantitative estimate of drug-likeness (QED) is 0.826. The number of fused-ring (bicyclic) bond motifs is 1. The molecule has 1 aromatic heterocycles. The number of aryl methyl sites for hydroxylation is 2. The van der Waals surface area contributed by atoms with Gasteiger partial charge in [0.1, 0.15) is 0 Å². The number of hydrogen-bond acceptors (Lipinski definition) is 1. The first-order valence-corrected chi connectivity index (χ1v) is 6.37. The Bertz CT molecular complexity index is 509. The highest BCUT2D eigenvalue weighted by Crippen LogP contribution is 2.24. The molecule has 2 N–H and O–H groups in total. The largest absolute Gasteiger partial charge is 0.358 e. The maximum absolute atomic E-state index is 3.52. The molecule has 2 nitrogen and oxygen atoms in total. The number of para-hydroxylation sites is 1. The van der Waals surface area contributed by atoms with E-state index in [9.17, 15) is 0 Å². The second-order valence-corrected chi connectivity index (χ2v) is 5.25. The minimum atomic E-state index is 0.697. The van der Waals surface area contributed by atoms with Crippen LogP contribution < -0.4 is 5.32 Å². The van der Waals surface area contributed by atoms with E-state index in [-0.39, 0.29) is 0 Å². The summed E-state index contributed by atoms with van der Waals surface area (Å²) in [6.07, 6.45) is 0. The van der Waals surface area contributed by atoms with Crippen molar-refractivity contribution in [1.82, 2.24) is 10.3 Å². The van der Waals surface area contributed by atoms with Crippen molar-refractivity contribution in [3.05, 3.63) is 35.0 Å². The zero-order valence-corrected chi connectivity index (χ0v) is 11.2. The van der Waals surface area contributed by atoms with E-state index < -0.39 is 0 Å². The van der Waals surface area contributed by atoms with Crippen molar-refractivity contribution < 1.29 is 0 Å². The van der Waals surface area contributed by atoms with E-state index in [2.05, 4.69) is 56.2 Å². The Morgan fingerprint density at radius 1 is 1.24 bits per heavy atom. The van der Waals surface area contributed by atoms with Crippen LogP contribution >= 0.6 is 0 Å². The molecular weight excluding hydrogens is 208 g/mol. The Morgan fingerprint density at radius 3 is 2.71 bits per heavy atom. The van der Waals surface area contributed by atoms with Crippen LogP contribution in [-0.4, -0.2) is 11.5 Å². The lowest BCUT2D eigenvalue weighted by Gasteiger charge is -2.07. The highest BCUT2D eigenvalue weighted by atomic mass is 14.9. The van der Waals surface area contributed by atoms with E-state index in [0.29, 0.717) is 5.92 Å². The molecule has 0 bridgehead atoms. The van der Waals surface area contributed by atoms with Crippen molar-refractivity contribution in [1.29, 1.82) is 0 Å². The molecule has 2 aromatic rings. The average molecular weight is 230 g/mol. The number of aromatic nitrogens is 1. The molecular formula is C15H22N2. The van der Waals surface area contributed by atoms with E-state index in [1.165, 1.54) is 27.7 Å². The van der Waals surface area contributed by atoms with Crippen LogP contribution in [-0.2, 0) is 6.54 Å². The predicted octanol–water partition coefficient (Wildman–Crippen LogP) is 3.53. The van der Waals surface area contributed by atoms with Crippen LogP contribution in [0.4, 0.5) is 0 Å². The summed E-state index contributed by atoms with van der Waals surface area (Å²) in [4.78, 5) is 3.49. The van der Waals surface area contributed by atoms with Gasteiger partial charge in [0.15, 0.2) is 0 Å². The maximum atomic E-state index is 3.52. The lowest BCUT2D eigenvalue weighted by atomic mass is 10.1. The summed E-state index contributed by atoms with van der Waals surface area (Å²) in [6, 6.07) is 6.50. The SMILES string of the molecule is Cc1[nH]c2c(C)cccc2c1CNCC(C)C. The Morgan fingerprint density at radius 2 is 2.00 bits per heavy atom. The molecule has 0 spiro atoms. The van der Waals surface area contributed by atoms with Crippen molar-refractivity contribution in [2.75, 3.05) is 6.54 Å². The number of aromatic amines is 1. The summed E-state index contributed by atoms with van der Waals surface area (Å²) < 4.78 is 0. The highest BCUT2D eigenvalue weighted by molar-refractivity contribution is 5.87. The van der Waals surface area contributed by atoms with Crippen LogP contribution in [0.15, 0.2) is 18.2 Å². The number of H-pyrrole nitrogens is 1. The minimum Gasteiger partial charge on any atom is -0.358 e. The molecule has 0 unspecified atom stereocenters. The van der Waals surface area contributed by atoms with E-state index in [1.807, 2.05) is 0 Å². The standard InChI is InChI=1S/C15H22N2/c1-10(2)8-16-9-14-12(4)17-15-11(3)6-5-7-13(14)15/h5-7,10,16-17H,8-9H2,1-4H3. The van der Waals surface area contributed by atoms with Gasteiger partial charge in [-0.05, 0) is 37.4 Å². The van der Waals surface area contributed by atoms with E-state index in [4.69, 9.17) is 0 Å². The summed E-state index contributed by atoms with van der Waals surface area (Å²) in [6.45, 7) is 10.8. The number of benzene rings is 1. The molecule has 1 heterocycles. The zero-order valence-electron chi connectivity index (χ0n) is 11.2. The molecule has 0 aliphatic heterocycles. The van der Waals surface area contributed by atoms with Crippen molar-refractivity contribution >= 4 is 10.9 Å². The van der Waals surface area contributed by atoms with E-state index >= 15 is 0 Å². The molecule has 2 rings (SSSR count). The fourth-order valence-corrected chi connectivity index (χ4v) is 2.26. The fraction of sp³-hybridized carbons (Fsp3) is 0.467. The Balaban J connectivity index is 2.27. The summed E-state index contributed by atoms with van der Waals surface area (Å²) in [5.74, 6) is 0.697. The molecule has 92 valence electrons. The molecule has 0 aliphatic carbocycles. The monoisotopic (exact) mass is 230 g/mol. The van der Waals surface area contributed by atoms with Gasteiger partial charge in [0.2, 0.25) is 0 Å². The van der Waals surface area contributed by atoms with Crippen LogP contribution in [0, 0.1) is 19.8 Å². The van der Waals surface area contributed by atoms with Gasteiger partial charge in [0.25, 0.3) is 0 Å². The van der Waals surface area contributed by atoms with Gasteiger partial charge >= 0.3 is 0 Å². The molecule has 2 heteroatoms. The van der Waals surface area contributed by atoms with Gasteiger partial charge in [-0.3, -0.25) is 0 Å². The Labute approximate surface area is 103 Å². The molecule has 0 radical (unpaired) electrons. The van der Waals surface area contributed by atoms with Crippen LogP contribution in [0.3, 0.4) is 0 Å². The average Bonchev–Trinajstić information content (AvgIpc) is 2.57. The van der Waals surface area contributed by atoms with Gasteiger partial charge < -0.3 is 10.3 Å². The second-order valence-electron chi connectivity index (χ2n) is 5.25. The predicted molar refractivity (Wildman–Crippen MR) is 74.3 cm³/mol. The molecule has 0 fully saturated rings. The third-order valence-corrected chi connectivity index (χ3v) is 3.22. The van der Waals surface area contributed by atoms with Gasteiger partial charge in [-0.2, -0.15) is 0 Å². The van der Waals surface area contributed by atoms with Gasteiger partial charge in [0, 0.05) is 23.1 Å². The summed E-state index contributed by atoms with van der Waals surface area (Å²) in [5, 5.41) is 4.88. The van der Waals surface area contributed by atoms with Crippen molar-refractivity contribution in [3.63, 3.8) is 0 Å². The minimum absolute atomic E-state index is 0.697. The number of hydrogen-bond donors (Lipinski definition) is 2. The fourth-order valence-electron chi connectivity index (χ4n) is 2.26. The number of nitrogens with one attached hydrogen (secondary N) is 2. The molecule has 0 atom stereocenters. The first-order valence-electron chi connectivity index (χ1n) is 6.37. The summed E-state index contributed by atoms with van der Waals surface area (Å²) in [5.41, 5.74) is 5.29. The Kier molecular flexibility index (Phi) is 3.53. The highest BCUT2D eigenvalue weighted by Gasteiger charge is 2.09. The van der Waals surface area contributed by atoms with Gasteiger partial charge in [-0.15, -0.1) is 0 Å². The molecule has 1 aromatic carbocycles. The topological polar surface area (TPSA) is 27.8 Å². The van der Waals surface area contributed by atoms with E-state index in [1.54, 1.807) is 0 Å². The third kappa shape index (κ3) is 2.52. The molecule has 0 saturated carbocycles. The van der Waals surface area contributed by atoms with Crippen molar-refractivity contribution in [2.24, 2.45) is 5.92 Å². The lowest BCUT2D eigenvalue weighted by molar-refractivity contribution is 0.552. The van der Waals surface area contributed by atoms with E-state index in [0.717, 1.165) is 13.1 Å². The maximum Gasteiger partial charge on any atom is 0.0489 e. The van der Waals surface area contributed by atoms with Crippen LogP contribution in [0.1, 0.15) is 30.7 Å². The van der Waals surface area contributed by atoms with Crippen molar-refractivity contribution in [2.45, 2.75) is 34.2 Å². The zero-order chi connectivity index (χ0) is 12.4. The van der Waals surface area contributed by atoms with Crippen LogP contribution in [0.25, 0.3) is 10.9 Å². The van der Waals surface area contributed by atoms with Crippen LogP contribution in [0.5, 0.6) is 0 Å². The van der Waals surface area contributed by atoms with Gasteiger partial charge in [-0.1, -0.05) is 32.0 Å². The van der Waals surface area contributed by atoms with Crippen molar-refractivity contribution in [3.8, 4) is 0 Å². The summed E-state index contributed by atoms with van der Waals surface area (Å²) >= 11 is 0. The molecule has 0 amide bonds. The summed E-state index contributed by atoms with van der Waals surface area (Å²) in [7, 11) is 0. The first kappa shape index (κ1) is 12.2. The first-order chi connectivity index (χ1) is 8.09.